The number of carbonyl (C=O) groups is 2. The number of hydrogen-bond acceptors (Lipinski definition) is 6. The molecule has 2 N–H and O–H groups in total. The summed E-state index contributed by atoms with van der Waals surface area (Å²) in [7, 11) is 0. The lowest BCUT2D eigenvalue weighted by atomic mass is 10.2. The second kappa shape index (κ2) is 9.78. The van der Waals surface area contributed by atoms with Crippen molar-refractivity contribution in [2.45, 2.75) is 0 Å². The monoisotopic (exact) mass is 462 g/mol. The Morgan fingerprint density at radius 3 is 2.55 bits per heavy atom. The van der Waals surface area contributed by atoms with E-state index in [0.29, 0.717) is 5.75 Å². The van der Waals surface area contributed by atoms with Crippen LogP contribution in [0.4, 0.5) is 4.39 Å². The molecule has 0 fully saturated rings. The predicted molar refractivity (Wildman–Crippen MR) is 105 cm³/mol. The molecule has 0 aliphatic heterocycles. The molecule has 0 aliphatic carbocycles. The zero-order chi connectivity index (χ0) is 20.6. The number of hydrogen-bond donors (Lipinski definition) is 2. The average molecular weight is 463 g/mol. The fourth-order valence-electron chi connectivity index (χ4n) is 2.25. The van der Waals surface area contributed by atoms with Crippen LogP contribution in [0.2, 0.25) is 0 Å². The van der Waals surface area contributed by atoms with Crippen LogP contribution < -0.4 is 15.4 Å². The normalized spacial score (nSPS) is 10.4. The van der Waals surface area contributed by atoms with Gasteiger partial charge in [-0.3, -0.25) is 9.59 Å². The van der Waals surface area contributed by atoms with Crippen molar-refractivity contribution in [3.8, 4) is 17.1 Å². The molecule has 3 aromatic rings. The molecule has 10 heteroatoms. The van der Waals surface area contributed by atoms with Crippen LogP contribution in [0, 0.1) is 5.82 Å². The summed E-state index contributed by atoms with van der Waals surface area (Å²) in [5, 5.41) is 8.74. The largest absolute Gasteiger partial charge is 0.484 e. The molecule has 8 nitrogen and oxygen atoms in total. The Balaban J connectivity index is 1.39. The summed E-state index contributed by atoms with van der Waals surface area (Å²) >= 11 is 3.31. The van der Waals surface area contributed by atoms with E-state index < -0.39 is 11.7 Å². The van der Waals surface area contributed by atoms with Crippen LogP contribution in [-0.4, -0.2) is 41.7 Å². The van der Waals surface area contributed by atoms with Gasteiger partial charge in [0.25, 0.3) is 5.91 Å². The first-order valence-corrected chi connectivity index (χ1v) is 9.34. The lowest BCUT2D eigenvalue weighted by Gasteiger charge is -2.07. The van der Waals surface area contributed by atoms with Gasteiger partial charge in [0, 0.05) is 17.6 Å². The van der Waals surface area contributed by atoms with Gasteiger partial charge in [-0.15, -0.1) is 0 Å². The van der Waals surface area contributed by atoms with Crippen LogP contribution in [0.25, 0.3) is 11.4 Å². The molecule has 0 saturated heterocycles. The fourth-order valence-corrected chi connectivity index (χ4v) is 2.52. The van der Waals surface area contributed by atoms with Gasteiger partial charge in [-0.2, -0.15) is 4.98 Å². The highest BCUT2D eigenvalue weighted by Gasteiger charge is 2.17. The molecular weight excluding hydrogens is 447 g/mol. The first-order valence-electron chi connectivity index (χ1n) is 8.55. The van der Waals surface area contributed by atoms with Gasteiger partial charge in [-0.1, -0.05) is 33.2 Å². The summed E-state index contributed by atoms with van der Waals surface area (Å²) in [5.41, 5.74) is 0.133. The number of nitrogens with zero attached hydrogens (tertiary/aromatic N) is 2. The third kappa shape index (κ3) is 5.85. The number of rotatable bonds is 8. The standard InChI is InChI=1S/C19H16BrFN4O4/c20-12-5-7-13(8-6-12)28-11-16(26)22-9-10-23-18(27)19-24-17(25-29-19)14-3-1-2-4-15(14)21/h1-8H,9-11H2,(H,22,26)(H,23,27). The van der Waals surface area contributed by atoms with Crippen molar-refractivity contribution in [2.24, 2.45) is 0 Å². The van der Waals surface area contributed by atoms with Gasteiger partial charge in [-0.25, -0.2) is 4.39 Å². The van der Waals surface area contributed by atoms with Crippen molar-refractivity contribution in [1.29, 1.82) is 0 Å². The van der Waals surface area contributed by atoms with Crippen LogP contribution in [0.15, 0.2) is 57.5 Å². The molecule has 1 aromatic heterocycles. The number of aromatic nitrogens is 2. The SMILES string of the molecule is O=C(COc1ccc(Br)cc1)NCCNC(=O)c1nc(-c2ccccc2F)no1. The van der Waals surface area contributed by atoms with Crippen molar-refractivity contribution < 1.29 is 23.2 Å². The minimum atomic E-state index is -0.625. The van der Waals surface area contributed by atoms with Crippen molar-refractivity contribution >= 4 is 27.7 Å². The smallest absolute Gasteiger partial charge is 0.316 e. The van der Waals surface area contributed by atoms with E-state index in [1.165, 1.54) is 18.2 Å². The van der Waals surface area contributed by atoms with Crippen molar-refractivity contribution in [3.63, 3.8) is 0 Å². The third-order valence-corrected chi connectivity index (χ3v) is 4.18. The second-order valence-electron chi connectivity index (χ2n) is 5.75. The summed E-state index contributed by atoms with van der Waals surface area (Å²) in [6.45, 7) is 0.175. The van der Waals surface area contributed by atoms with Crippen molar-refractivity contribution in [1.82, 2.24) is 20.8 Å². The first-order chi connectivity index (χ1) is 14.0. The quantitative estimate of drug-likeness (QED) is 0.498. The summed E-state index contributed by atoms with van der Waals surface area (Å²) in [6.07, 6.45) is 0. The molecule has 0 aliphatic rings. The number of nitrogens with one attached hydrogen (secondary N) is 2. The molecule has 3 rings (SSSR count). The highest BCUT2D eigenvalue weighted by molar-refractivity contribution is 9.10. The van der Waals surface area contributed by atoms with Gasteiger partial charge in [-0.05, 0) is 36.4 Å². The van der Waals surface area contributed by atoms with Crippen LogP contribution >= 0.6 is 15.9 Å². The van der Waals surface area contributed by atoms with Crippen molar-refractivity contribution in [2.75, 3.05) is 19.7 Å². The number of amides is 2. The average Bonchev–Trinajstić information content (AvgIpc) is 3.21. The Labute approximate surface area is 173 Å². The van der Waals surface area contributed by atoms with Crippen LogP contribution in [0.1, 0.15) is 10.7 Å². The zero-order valence-corrected chi connectivity index (χ0v) is 16.6. The van der Waals surface area contributed by atoms with E-state index in [-0.39, 0.29) is 42.9 Å². The Morgan fingerprint density at radius 2 is 1.79 bits per heavy atom. The topological polar surface area (TPSA) is 106 Å². The third-order valence-electron chi connectivity index (χ3n) is 3.65. The molecule has 0 bridgehead atoms. The molecule has 150 valence electrons. The van der Waals surface area contributed by atoms with Crippen LogP contribution in [-0.2, 0) is 4.79 Å². The van der Waals surface area contributed by atoms with Gasteiger partial charge in [0.1, 0.15) is 11.6 Å². The van der Waals surface area contributed by atoms with Gasteiger partial charge in [0.05, 0.1) is 5.56 Å². The Morgan fingerprint density at radius 1 is 1.07 bits per heavy atom. The minimum Gasteiger partial charge on any atom is -0.484 e. The molecule has 0 atom stereocenters. The minimum absolute atomic E-state index is 0.0216. The molecular formula is C19H16BrFN4O4. The maximum absolute atomic E-state index is 13.7. The molecule has 1 heterocycles. The highest BCUT2D eigenvalue weighted by Crippen LogP contribution is 2.19. The van der Waals surface area contributed by atoms with Gasteiger partial charge >= 0.3 is 11.8 Å². The van der Waals surface area contributed by atoms with Crippen LogP contribution in [0.3, 0.4) is 0 Å². The lowest BCUT2D eigenvalue weighted by molar-refractivity contribution is -0.123. The van der Waals surface area contributed by atoms with E-state index in [1.807, 2.05) is 0 Å². The van der Waals surface area contributed by atoms with E-state index in [2.05, 4.69) is 36.7 Å². The number of halogens is 2. The molecule has 0 saturated carbocycles. The summed E-state index contributed by atoms with van der Waals surface area (Å²) < 4.78 is 24.8. The Hall–Kier alpha value is -3.27. The molecule has 2 aromatic carbocycles. The Kier molecular flexibility index (Phi) is 6.90. The van der Waals surface area contributed by atoms with Gasteiger partial charge in [0.15, 0.2) is 6.61 Å². The molecule has 0 spiro atoms. The van der Waals surface area contributed by atoms with E-state index in [1.54, 1.807) is 30.3 Å². The first kappa shape index (κ1) is 20.5. The lowest BCUT2D eigenvalue weighted by Crippen LogP contribution is -2.36. The molecule has 2 amide bonds. The maximum atomic E-state index is 13.7. The maximum Gasteiger partial charge on any atom is 0.316 e. The molecule has 0 radical (unpaired) electrons. The summed E-state index contributed by atoms with van der Waals surface area (Å²) in [6, 6.07) is 13.0. The zero-order valence-electron chi connectivity index (χ0n) is 15.0. The van der Waals surface area contributed by atoms with E-state index in [9.17, 15) is 14.0 Å². The van der Waals surface area contributed by atoms with Crippen LogP contribution in [0.5, 0.6) is 5.75 Å². The predicted octanol–water partition coefficient (Wildman–Crippen LogP) is 2.56. The van der Waals surface area contributed by atoms with Crippen molar-refractivity contribution in [3.05, 3.63) is 64.7 Å². The van der Waals surface area contributed by atoms with Gasteiger partial charge in [0.2, 0.25) is 5.82 Å². The Bertz CT molecular complexity index is 994. The highest BCUT2D eigenvalue weighted by atomic mass is 79.9. The fraction of sp³-hybridized carbons (Fsp3) is 0.158. The number of benzene rings is 2. The van der Waals surface area contributed by atoms with E-state index in [0.717, 1.165) is 4.47 Å². The van der Waals surface area contributed by atoms with E-state index in [4.69, 9.17) is 9.26 Å². The van der Waals surface area contributed by atoms with Gasteiger partial charge < -0.3 is 19.9 Å². The second-order valence-corrected chi connectivity index (χ2v) is 6.67. The summed E-state index contributed by atoms with van der Waals surface area (Å²) in [4.78, 5) is 27.7. The number of ether oxygens (including phenoxy) is 1. The summed E-state index contributed by atoms with van der Waals surface area (Å²) in [5.74, 6) is -1.23. The molecule has 29 heavy (non-hydrogen) atoms. The molecule has 0 unspecified atom stereocenters. The van der Waals surface area contributed by atoms with E-state index >= 15 is 0 Å². The number of carbonyl (C=O) groups excluding carboxylic acids is 2.